The summed E-state index contributed by atoms with van der Waals surface area (Å²) in [6.07, 6.45) is 3.25. The highest BCUT2D eigenvalue weighted by molar-refractivity contribution is 6.17. The van der Waals surface area contributed by atoms with Crippen LogP contribution < -0.4 is 15.5 Å². The molecule has 0 radical (unpaired) electrons. The van der Waals surface area contributed by atoms with Gasteiger partial charge in [-0.05, 0) is 43.2 Å². The number of para-hydroxylation sites is 1. The van der Waals surface area contributed by atoms with E-state index >= 15 is 0 Å². The Labute approximate surface area is 206 Å². The Balaban J connectivity index is 1.41. The van der Waals surface area contributed by atoms with Gasteiger partial charge in [0.25, 0.3) is 5.91 Å². The minimum atomic E-state index is -0.369. The average Bonchev–Trinajstić information content (AvgIpc) is 2.90. The molecule has 0 saturated carbocycles. The minimum absolute atomic E-state index is 0.278. The van der Waals surface area contributed by atoms with Gasteiger partial charge in [-0.25, -0.2) is 0 Å². The van der Waals surface area contributed by atoms with Gasteiger partial charge in [0.15, 0.2) is 0 Å². The highest BCUT2D eigenvalue weighted by atomic mass is 16.5. The molecule has 0 aromatic heterocycles. The zero-order valence-electron chi connectivity index (χ0n) is 20.2. The number of carbonyl (C=O) groups excluding carboxylic acids is 1. The molecule has 0 aliphatic carbocycles. The van der Waals surface area contributed by atoms with Crippen LogP contribution in [0.25, 0.3) is 0 Å². The molecule has 0 bridgehead atoms. The molecule has 2 aromatic rings. The fourth-order valence-corrected chi connectivity index (χ4v) is 4.79. The van der Waals surface area contributed by atoms with E-state index in [0.29, 0.717) is 23.0 Å². The quantitative estimate of drug-likeness (QED) is 0.325. The first-order valence-corrected chi connectivity index (χ1v) is 12.1. The van der Waals surface area contributed by atoms with E-state index < -0.39 is 0 Å². The predicted molar refractivity (Wildman–Crippen MR) is 137 cm³/mol. The maximum absolute atomic E-state index is 12.9. The number of hydrogen-bond acceptors (Lipinski definition) is 6. The highest BCUT2D eigenvalue weighted by Gasteiger charge is 2.26. The number of allylic oxidation sites excluding steroid dienone is 1. The lowest BCUT2D eigenvalue weighted by Crippen LogP contribution is -2.75. The Hall–Kier alpha value is -3.51. The summed E-state index contributed by atoms with van der Waals surface area (Å²) in [4.78, 5) is 17.7. The summed E-state index contributed by atoms with van der Waals surface area (Å²) in [6.45, 7) is 7.18. The van der Waals surface area contributed by atoms with Gasteiger partial charge in [-0.2, -0.15) is 5.26 Å². The molecule has 4 rings (SSSR count). The standard InChI is InChI=1S/C27H32N6O2/c1-20(30-22-5-3-2-4-6-22)25(19-29)27(34)31-23-7-8-26(21(17-23)18-28)33-13-11-32(12-14-33)24-9-15-35-16-10-24/h2-8,17,19,24,29-30H,9-16H2,1H3,(H,31,34)/p+1/b25-20+,29-19?. The first-order chi connectivity index (χ1) is 17.1. The van der Waals surface area contributed by atoms with E-state index in [1.807, 2.05) is 54.7 Å². The second-order valence-electron chi connectivity index (χ2n) is 8.96. The molecule has 0 unspecified atom stereocenters. The van der Waals surface area contributed by atoms with Crippen molar-refractivity contribution in [3.8, 4) is 6.07 Å². The molecule has 2 saturated heterocycles. The van der Waals surface area contributed by atoms with Crippen molar-refractivity contribution in [2.45, 2.75) is 25.8 Å². The summed E-state index contributed by atoms with van der Waals surface area (Å²) in [5.74, 6) is -0.369. The number of nitriles is 1. The molecule has 182 valence electrons. The molecule has 2 aliphatic heterocycles. The van der Waals surface area contributed by atoms with Crippen molar-refractivity contribution in [2.75, 3.05) is 49.6 Å². The Bertz CT molecular complexity index is 1110. The maximum atomic E-state index is 12.9. The number of rotatable bonds is 7. The van der Waals surface area contributed by atoms with Crippen molar-refractivity contribution in [3.63, 3.8) is 0 Å². The number of amides is 1. The summed E-state index contributed by atoms with van der Waals surface area (Å²) >= 11 is 0. The molecule has 2 aromatic carbocycles. The van der Waals surface area contributed by atoms with Crippen molar-refractivity contribution < 1.29 is 14.8 Å². The Morgan fingerprint density at radius 1 is 1.14 bits per heavy atom. The number of nitrogens with one attached hydrogen (secondary N) is 2. The topological polar surface area (TPSA) is 109 Å². The third-order valence-electron chi connectivity index (χ3n) is 6.73. The second kappa shape index (κ2) is 11.8. The van der Waals surface area contributed by atoms with Crippen LogP contribution in [-0.4, -0.2) is 62.5 Å². The molecule has 2 heterocycles. The first kappa shape index (κ1) is 24.6. The number of piperazine rings is 1. The predicted octanol–water partition coefficient (Wildman–Crippen LogP) is 2.62. The van der Waals surface area contributed by atoms with E-state index in [1.54, 1.807) is 6.07 Å². The van der Waals surface area contributed by atoms with Crippen LogP contribution in [0.4, 0.5) is 17.1 Å². The van der Waals surface area contributed by atoms with Gasteiger partial charge in [-0.1, -0.05) is 18.2 Å². The molecule has 2 aliphatic rings. The van der Waals surface area contributed by atoms with E-state index in [0.717, 1.165) is 69.8 Å². The van der Waals surface area contributed by atoms with Gasteiger partial charge in [0.1, 0.15) is 23.0 Å². The van der Waals surface area contributed by atoms with Crippen LogP contribution in [0.3, 0.4) is 0 Å². The van der Waals surface area contributed by atoms with Crippen LogP contribution in [0.2, 0.25) is 0 Å². The van der Waals surface area contributed by atoms with E-state index in [4.69, 9.17) is 10.1 Å². The molecule has 0 spiro atoms. The second-order valence-corrected chi connectivity index (χ2v) is 8.96. The largest absolute Gasteiger partial charge is 0.381 e. The van der Waals surface area contributed by atoms with Crippen LogP contribution in [0.5, 0.6) is 0 Å². The molecular formula is C27H33N6O2+. The average molecular weight is 474 g/mol. The minimum Gasteiger partial charge on any atom is -0.381 e. The zero-order valence-corrected chi connectivity index (χ0v) is 20.2. The number of hydrogen-bond donors (Lipinski definition) is 3. The normalized spacial score (nSPS) is 17.9. The highest BCUT2D eigenvalue weighted by Crippen LogP contribution is 2.26. The van der Waals surface area contributed by atoms with E-state index in [1.165, 1.54) is 0 Å². The lowest BCUT2D eigenvalue weighted by Gasteiger charge is -2.41. The Kier molecular flexibility index (Phi) is 8.27. The Morgan fingerprint density at radius 2 is 1.86 bits per heavy atom. The number of anilines is 2. The monoisotopic (exact) mass is 473 g/mol. The number of nitrogens with two attached hydrogens (primary N) is 1. The van der Waals surface area contributed by atoms with Crippen molar-refractivity contribution >= 4 is 29.2 Å². The number of quaternary nitrogens is 1. The van der Waals surface area contributed by atoms with Crippen molar-refractivity contribution in [1.29, 1.82) is 10.7 Å². The van der Waals surface area contributed by atoms with Gasteiger partial charge >= 0.3 is 0 Å². The smallest absolute Gasteiger partial charge is 0.262 e. The van der Waals surface area contributed by atoms with Gasteiger partial charge < -0.3 is 20.4 Å². The third-order valence-corrected chi connectivity index (χ3v) is 6.73. The maximum Gasteiger partial charge on any atom is 0.262 e. The number of nitrogens with zero attached hydrogens (tertiary/aromatic N) is 3. The van der Waals surface area contributed by atoms with Gasteiger partial charge in [-0.3, -0.25) is 15.0 Å². The molecular weight excluding hydrogens is 440 g/mol. The zero-order chi connectivity index (χ0) is 24.6. The van der Waals surface area contributed by atoms with E-state index in [9.17, 15) is 10.1 Å². The molecule has 4 N–H and O–H groups in total. The molecule has 1 amide bonds. The van der Waals surface area contributed by atoms with Gasteiger partial charge in [0, 0.05) is 64.3 Å². The van der Waals surface area contributed by atoms with Gasteiger partial charge in [0.05, 0.1) is 11.3 Å². The summed E-state index contributed by atoms with van der Waals surface area (Å²) in [5, 5.41) is 22.3. The summed E-state index contributed by atoms with van der Waals surface area (Å²) in [6, 6.07) is 18.0. The number of carbonyl (C=O) groups is 1. The summed E-state index contributed by atoms with van der Waals surface area (Å²) < 4.78 is 5.49. The lowest BCUT2D eigenvalue weighted by atomic mass is 10.1. The van der Waals surface area contributed by atoms with Gasteiger partial charge in [0.2, 0.25) is 0 Å². The number of benzene rings is 2. The molecule has 8 heteroatoms. The van der Waals surface area contributed by atoms with E-state index in [2.05, 4.69) is 21.2 Å². The van der Waals surface area contributed by atoms with Crippen molar-refractivity contribution in [1.82, 2.24) is 4.90 Å². The number of ether oxygens (including phenoxy) is 1. The molecule has 8 nitrogen and oxygen atoms in total. The van der Waals surface area contributed by atoms with Gasteiger partial charge in [-0.15, -0.1) is 0 Å². The van der Waals surface area contributed by atoms with Crippen LogP contribution in [0.1, 0.15) is 25.3 Å². The lowest BCUT2D eigenvalue weighted by molar-refractivity contribution is -0.517. The molecule has 35 heavy (non-hydrogen) atoms. The van der Waals surface area contributed by atoms with Crippen molar-refractivity contribution in [3.05, 3.63) is 65.4 Å². The summed E-state index contributed by atoms with van der Waals surface area (Å²) in [7, 11) is 0. The fraction of sp³-hybridized carbons (Fsp3) is 0.370. The molecule has 0 atom stereocenters. The van der Waals surface area contributed by atoms with Crippen LogP contribution in [0.15, 0.2) is 59.8 Å². The molecule has 2 fully saturated rings. The van der Waals surface area contributed by atoms with Crippen molar-refractivity contribution in [2.24, 2.45) is 0 Å². The van der Waals surface area contributed by atoms with E-state index in [-0.39, 0.29) is 11.5 Å². The first-order valence-electron chi connectivity index (χ1n) is 12.1. The summed E-state index contributed by atoms with van der Waals surface area (Å²) in [5.41, 5.74) is 3.92. The Morgan fingerprint density at radius 3 is 2.51 bits per heavy atom. The third kappa shape index (κ3) is 6.14. The fourth-order valence-electron chi connectivity index (χ4n) is 4.79. The van der Waals surface area contributed by atoms with Crippen LogP contribution >= 0.6 is 0 Å². The van der Waals surface area contributed by atoms with Crippen LogP contribution in [-0.2, 0) is 9.53 Å². The van der Waals surface area contributed by atoms with Crippen LogP contribution in [0, 0.1) is 16.7 Å². The SMILES string of the molecule is C/C([NH2+]c1ccccc1)=C(/C=N)C(=O)Nc1ccc(N2CCN(C3CCOCC3)CC2)c(C#N)c1.